The highest BCUT2D eigenvalue weighted by Gasteiger charge is 2.36. The Hall–Kier alpha value is -1.11. The number of hydrogen-bond acceptors (Lipinski definition) is 4. The third-order valence-electron chi connectivity index (χ3n) is 4.04. The van der Waals surface area contributed by atoms with Crippen molar-refractivity contribution in [2.75, 3.05) is 20.3 Å². The van der Waals surface area contributed by atoms with Crippen LogP contribution in [0.3, 0.4) is 0 Å². The normalized spacial score (nSPS) is 16.0. The molecule has 1 N–H and O–H groups in total. The molecule has 0 saturated heterocycles. The third kappa shape index (κ3) is 3.07. The summed E-state index contributed by atoms with van der Waals surface area (Å²) in [6.07, 6.45) is 2.78. The van der Waals surface area contributed by atoms with E-state index < -0.39 is 10.0 Å². The van der Waals surface area contributed by atoms with Gasteiger partial charge in [-0.3, -0.25) is 0 Å². The molecule has 21 heavy (non-hydrogen) atoms. The van der Waals surface area contributed by atoms with Gasteiger partial charge in [-0.2, -0.15) is 4.31 Å². The second kappa shape index (κ2) is 6.34. The maximum Gasteiger partial charge on any atom is 0.243 e. The number of benzene rings is 1. The monoisotopic (exact) mass is 313 g/mol. The number of sulfonamides is 1. The number of ether oxygens (including phenoxy) is 1. The molecule has 0 radical (unpaired) electrons. The maximum absolute atomic E-state index is 13.0. The maximum atomic E-state index is 13.0. The van der Waals surface area contributed by atoms with Gasteiger partial charge >= 0.3 is 0 Å². The molecule has 0 amide bonds. The van der Waals surface area contributed by atoms with E-state index in [1.54, 1.807) is 33.1 Å². The molecular formula is C15H23NO4S. The van der Waals surface area contributed by atoms with Crippen LogP contribution >= 0.6 is 0 Å². The number of hydrogen-bond donors (Lipinski definition) is 1. The Kier molecular flexibility index (Phi) is 4.91. The Balaban J connectivity index is 2.46. The molecule has 0 spiro atoms. The van der Waals surface area contributed by atoms with Gasteiger partial charge in [0.05, 0.1) is 18.6 Å². The lowest BCUT2D eigenvalue weighted by Crippen LogP contribution is -2.45. The number of aliphatic hydroxyl groups excluding tert-OH is 1. The second-order valence-corrected chi connectivity index (χ2v) is 7.34. The molecule has 1 aromatic rings. The largest absolute Gasteiger partial charge is 0.497 e. The Morgan fingerprint density at radius 2 is 1.86 bits per heavy atom. The van der Waals surface area contributed by atoms with Gasteiger partial charge in [0.2, 0.25) is 10.0 Å². The molecule has 0 aliphatic heterocycles. The van der Waals surface area contributed by atoms with Crippen molar-refractivity contribution in [1.82, 2.24) is 4.31 Å². The predicted molar refractivity (Wildman–Crippen MR) is 81.1 cm³/mol. The van der Waals surface area contributed by atoms with E-state index >= 15 is 0 Å². The van der Waals surface area contributed by atoms with E-state index in [0.717, 1.165) is 19.3 Å². The highest BCUT2D eigenvalue weighted by molar-refractivity contribution is 7.89. The van der Waals surface area contributed by atoms with Crippen molar-refractivity contribution in [2.24, 2.45) is 0 Å². The molecular weight excluding hydrogens is 290 g/mol. The molecule has 1 aliphatic carbocycles. The van der Waals surface area contributed by atoms with Gasteiger partial charge in [0.25, 0.3) is 0 Å². The molecule has 2 rings (SSSR count). The number of nitrogens with zero attached hydrogens (tertiary/aromatic N) is 1. The highest BCUT2D eigenvalue weighted by Crippen LogP contribution is 2.33. The van der Waals surface area contributed by atoms with Crippen LogP contribution in [0.4, 0.5) is 0 Å². The fourth-order valence-corrected chi connectivity index (χ4v) is 4.92. The van der Waals surface area contributed by atoms with Gasteiger partial charge in [-0.25, -0.2) is 8.42 Å². The van der Waals surface area contributed by atoms with Crippen molar-refractivity contribution >= 4 is 10.0 Å². The zero-order valence-electron chi connectivity index (χ0n) is 12.8. The summed E-state index contributed by atoms with van der Waals surface area (Å²) in [5.41, 5.74) is 1.35. The fourth-order valence-electron chi connectivity index (χ4n) is 2.82. The molecule has 1 aromatic carbocycles. The summed E-state index contributed by atoms with van der Waals surface area (Å²) in [7, 11) is -2.03. The van der Waals surface area contributed by atoms with E-state index in [1.807, 2.05) is 0 Å². The van der Waals surface area contributed by atoms with E-state index in [-0.39, 0.29) is 19.2 Å². The van der Waals surface area contributed by atoms with E-state index in [2.05, 4.69) is 0 Å². The van der Waals surface area contributed by atoms with Gasteiger partial charge in [-0.05, 0) is 49.9 Å². The Morgan fingerprint density at radius 3 is 2.24 bits per heavy atom. The summed E-state index contributed by atoms with van der Waals surface area (Å²) >= 11 is 0. The van der Waals surface area contributed by atoms with E-state index in [9.17, 15) is 13.5 Å². The lowest BCUT2D eigenvalue weighted by molar-refractivity contribution is 0.178. The summed E-state index contributed by atoms with van der Waals surface area (Å²) < 4.78 is 32.6. The Morgan fingerprint density at radius 1 is 1.29 bits per heavy atom. The van der Waals surface area contributed by atoms with Gasteiger partial charge in [-0.1, -0.05) is 6.42 Å². The molecule has 1 fully saturated rings. The first-order valence-electron chi connectivity index (χ1n) is 7.19. The Bertz CT molecular complexity index is 585. The molecule has 0 unspecified atom stereocenters. The highest BCUT2D eigenvalue weighted by atomic mass is 32.2. The van der Waals surface area contributed by atoms with Gasteiger partial charge in [0.1, 0.15) is 5.75 Å². The molecule has 1 aliphatic rings. The lowest BCUT2D eigenvalue weighted by atomic mass is 9.93. The molecule has 0 bridgehead atoms. The number of aryl methyl sites for hydroxylation is 2. The van der Waals surface area contributed by atoms with Crippen molar-refractivity contribution in [2.45, 2.75) is 44.0 Å². The first kappa shape index (κ1) is 16.3. The van der Waals surface area contributed by atoms with Crippen molar-refractivity contribution in [1.29, 1.82) is 0 Å². The zero-order valence-corrected chi connectivity index (χ0v) is 13.6. The predicted octanol–water partition coefficient (Wildman–Crippen LogP) is 1.85. The summed E-state index contributed by atoms with van der Waals surface area (Å²) in [6.45, 7) is 3.54. The van der Waals surface area contributed by atoms with Crippen molar-refractivity contribution in [3.63, 3.8) is 0 Å². The fraction of sp³-hybridized carbons (Fsp3) is 0.600. The first-order chi connectivity index (χ1) is 9.91. The van der Waals surface area contributed by atoms with Gasteiger partial charge in [-0.15, -0.1) is 0 Å². The van der Waals surface area contributed by atoms with Gasteiger partial charge in [0, 0.05) is 12.6 Å². The average Bonchev–Trinajstić information content (AvgIpc) is 2.34. The van der Waals surface area contributed by atoms with Crippen LogP contribution in [0, 0.1) is 13.8 Å². The summed E-state index contributed by atoms with van der Waals surface area (Å²) in [6, 6.07) is 3.48. The molecule has 6 heteroatoms. The molecule has 0 aromatic heterocycles. The quantitative estimate of drug-likeness (QED) is 0.870. The number of methoxy groups -OCH3 is 1. The van der Waals surface area contributed by atoms with Crippen molar-refractivity contribution in [3.8, 4) is 5.75 Å². The van der Waals surface area contributed by atoms with Gasteiger partial charge in [0.15, 0.2) is 0 Å². The van der Waals surface area contributed by atoms with Crippen LogP contribution in [-0.4, -0.2) is 44.1 Å². The molecule has 1 saturated carbocycles. The summed E-state index contributed by atoms with van der Waals surface area (Å²) in [5, 5.41) is 9.21. The van der Waals surface area contributed by atoms with Crippen LogP contribution in [0.25, 0.3) is 0 Å². The van der Waals surface area contributed by atoms with E-state index in [1.165, 1.54) is 4.31 Å². The van der Waals surface area contributed by atoms with Crippen molar-refractivity contribution < 1.29 is 18.3 Å². The van der Waals surface area contributed by atoms with Crippen molar-refractivity contribution in [3.05, 3.63) is 23.3 Å². The summed E-state index contributed by atoms with van der Waals surface area (Å²) in [4.78, 5) is 0.337. The minimum Gasteiger partial charge on any atom is -0.497 e. The van der Waals surface area contributed by atoms with Crippen LogP contribution in [0.1, 0.15) is 30.4 Å². The molecule has 5 nitrogen and oxygen atoms in total. The minimum absolute atomic E-state index is 0.0167. The van der Waals surface area contributed by atoms with Gasteiger partial charge < -0.3 is 9.84 Å². The van der Waals surface area contributed by atoms with Crippen LogP contribution in [0.5, 0.6) is 5.75 Å². The third-order valence-corrected chi connectivity index (χ3v) is 6.30. The topological polar surface area (TPSA) is 66.8 Å². The number of rotatable bonds is 6. The van der Waals surface area contributed by atoms with Crippen LogP contribution in [0.15, 0.2) is 17.0 Å². The number of aliphatic hydroxyl groups is 1. The van der Waals surface area contributed by atoms with Crippen LogP contribution < -0.4 is 4.74 Å². The standard InChI is InChI=1S/C15H23NO4S/c1-11-9-14(20-3)10-12(2)15(11)21(18,19)16(7-8-17)13-5-4-6-13/h9-10,13,17H,4-8H2,1-3H3. The zero-order chi connectivity index (χ0) is 15.6. The molecule has 118 valence electrons. The SMILES string of the molecule is COc1cc(C)c(S(=O)(=O)N(CCO)C2CCC2)c(C)c1. The summed E-state index contributed by atoms with van der Waals surface area (Å²) in [5.74, 6) is 0.654. The minimum atomic E-state index is -3.59. The average molecular weight is 313 g/mol. The molecule has 0 heterocycles. The first-order valence-corrected chi connectivity index (χ1v) is 8.63. The smallest absolute Gasteiger partial charge is 0.243 e. The van der Waals surface area contributed by atoms with E-state index in [4.69, 9.17) is 4.74 Å². The van der Waals surface area contributed by atoms with E-state index in [0.29, 0.717) is 21.8 Å². The van der Waals surface area contributed by atoms with Crippen LogP contribution in [0.2, 0.25) is 0 Å². The second-order valence-electron chi connectivity index (χ2n) is 5.51. The molecule has 0 atom stereocenters. The van der Waals surface area contributed by atoms with Crippen LogP contribution in [-0.2, 0) is 10.0 Å². The Labute approximate surface area is 126 Å². The lowest BCUT2D eigenvalue weighted by Gasteiger charge is -2.36.